The van der Waals surface area contributed by atoms with E-state index in [1.54, 1.807) is 12.4 Å². The minimum absolute atomic E-state index is 0.0515. The van der Waals surface area contributed by atoms with E-state index in [0.717, 1.165) is 16.8 Å². The zero-order chi connectivity index (χ0) is 20.8. The zero-order valence-corrected chi connectivity index (χ0v) is 17.3. The number of rotatable bonds is 7. The molecule has 7 heteroatoms. The fourth-order valence-electron chi connectivity index (χ4n) is 3.10. The lowest BCUT2D eigenvalue weighted by Crippen LogP contribution is -2.28. The Morgan fingerprint density at radius 3 is 2.33 bits per heavy atom. The van der Waals surface area contributed by atoms with E-state index >= 15 is 0 Å². The van der Waals surface area contributed by atoms with Crippen LogP contribution in [0.15, 0.2) is 90.3 Å². The number of amides is 1. The third-order valence-electron chi connectivity index (χ3n) is 4.60. The van der Waals surface area contributed by atoms with Gasteiger partial charge in [0.1, 0.15) is 0 Å². The minimum atomic E-state index is -0.0568. The van der Waals surface area contributed by atoms with E-state index in [2.05, 4.69) is 20.5 Å². The van der Waals surface area contributed by atoms with Crippen molar-refractivity contribution < 1.29 is 4.79 Å². The molecule has 0 bridgehead atoms. The molecule has 2 aromatic heterocycles. The highest BCUT2D eigenvalue weighted by Gasteiger charge is 2.18. The van der Waals surface area contributed by atoms with Crippen LogP contribution in [0, 0.1) is 0 Å². The number of benzene rings is 2. The van der Waals surface area contributed by atoms with Crippen molar-refractivity contribution in [2.45, 2.75) is 18.1 Å². The first-order valence-corrected chi connectivity index (χ1v) is 10.6. The summed E-state index contributed by atoms with van der Waals surface area (Å²) >= 11 is 1.36. The number of thioether (sulfide) groups is 1. The molecule has 0 aliphatic rings. The number of carbonyl (C=O) groups is 1. The second-order valence-electron chi connectivity index (χ2n) is 6.70. The number of hydrogen-bond acceptors (Lipinski definition) is 5. The quantitative estimate of drug-likeness (QED) is 0.456. The van der Waals surface area contributed by atoms with E-state index in [1.807, 2.05) is 84.3 Å². The van der Waals surface area contributed by atoms with Crippen LogP contribution in [0.4, 0.5) is 0 Å². The molecule has 1 unspecified atom stereocenters. The lowest BCUT2D eigenvalue weighted by molar-refractivity contribution is -0.119. The summed E-state index contributed by atoms with van der Waals surface area (Å²) in [6, 6.07) is 23.5. The summed E-state index contributed by atoms with van der Waals surface area (Å²) < 4.78 is 1.97. The predicted octanol–water partition coefficient (Wildman–Crippen LogP) is 4.30. The molecule has 150 valence electrons. The van der Waals surface area contributed by atoms with Crippen LogP contribution in [-0.2, 0) is 4.79 Å². The van der Waals surface area contributed by atoms with Crippen LogP contribution in [0.25, 0.3) is 17.1 Å². The molecule has 0 saturated carbocycles. The van der Waals surface area contributed by atoms with E-state index < -0.39 is 0 Å². The summed E-state index contributed by atoms with van der Waals surface area (Å²) in [6.45, 7) is 1.98. The monoisotopic (exact) mass is 415 g/mol. The first-order valence-electron chi connectivity index (χ1n) is 9.60. The molecular formula is C23H21N5OS. The van der Waals surface area contributed by atoms with Gasteiger partial charge < -0.3 is 5.32 Å². The Morgan fingerprint density at radius 2 is 1.63 bits per heavy atom. The van der Waals surface area contributed by atoms with E-state index in [1.165, 1.54) is 11.8 Å². The molecule has 4 rings (SSSR count). The maximum atomic E-state index is 12.5. The van der Waals surface area contributed by atoms with Gasteiger partial charge in [0.15, 0.2) is 11.0 Å². The van der Waals surface area contributed by atoms with Gasteiger partial charge in [0.25, 0.3) is 0 Å². The summed E-state index contributed by atoms with van der Waals surface area (Å²) in [5.41, 5.74) is 2.92. The van der Waals surface area contributed by atoms with E-state index in [4.69, 9.17) is 0 Å². The van der Waals surface area contributed by atoms with E-state index in [0.29, 0.717) is 11.0 Å². The van der Waals surface area contributed by atoms with Gasteiger partial charge in [0.2, 0.25) is 5.91 Å². The number of nitrogens with one attached hydrogen (secondary N) is 1. The summed E-state index contributed by atoms with van der Waals surface area (Å²) in [5, 5.41) is 12.4. The lowest BCUT2D eigenvalue weighted by Gasteiger charge is -2.14. The first kappa shape index (κ1) is 19.8. The zero-order valence-electron chi connectivity index (χ0n) is 16.5. The molecule has 0 aliphatic carbocycles. The van der Waals surface area contributed by atoms with Crippen LogP contribution >= 0.6 is 11.8 Å². The maximum absolute atomic E-state index is 12.5. The molecule has 0 radical (unpaired) electrons. The summed E-state index contributed by atoms with van der Waals surface area (Å²) in [7, 11) is 0. The average Bonchev–Trinajstić information content (AvgIpc) is 3.23. The van der Waals surface area contributed by atoms with Gasteiger partial charge in [-0.05, 0) is 36.8 Å². The van der Waals surface area contributed by atoms with Gasteiger partial charge in [0.05, 0.1) is 11.8 Å². The third-order valence-corrected chi connectivity index (χ3v) is 5.52. The summed E-state index contributed by atoms with van der Waals surface area (Å²) in [6.07, 6.45) is 3.45. The predicted molar refractivity (Wildman–Crippen MR) is 118 cm³/mol. The number of carbonyl (C=O) groups excluding carboxylic acids is 1. The van der Waals surface area contributed by atoms with Gasteiger partial charge in [-0.15, -0.1) is 10.2 Å². The second-order valence-corrected chi connectivity index (χ2v) is 7.64. The molecule has 2 heterocycles. The highest BCUT2D eigenvalue weighted by Crippen LogP contribution is 2.27. The average molecular weight is 416 g/mol. The normalized spacial score (nSPS) is 11.8. The minimum Gasteiger partial charge on any atom is -0.349 e. The van der Waals surface area contributed by atoms with Crippen LogP contribution in [0.2, 0.25) is 0 Å². The van der Waals surface area contributed by atoms with Gasteiger partial charge >= 0.3 is 0 Å². The topological polar surface area (TPSA) is 72.7 Å². The molecule has 0 fully saturated rings. The largest absolute Gasteiger partial charge is 0.349 e. The van der Waals surface area contributed by atoms with Crippen LogP contribution in [0.1, 0.15) is 18.5 Å². The molecule has 1 atom stereocenters. The van der Waals surface area contributed by atoms with Crippen molar-refractivity contribution in [3.8, 4) is 17.1 Å². The van der Waals surface area contributed by atoms with Crippen LogP contribution < -0.4 is 5.32 Å². The third kappa shape index (κ3) is 4.58. The lowest BCUT2D eigenvalue weighted by atomic mass is 10.1. The van der Waals surface area contributed by atoms with Gasteiger partial charge in [-0.25, -0.2) is 0 Å². The molecule has 2 aromatic carbocycles. The molecule has 4 aromatic rings. The van der Waals surface area contributed by atoms with Crippen molar-refractivity contribution in [1.29, 1.82) is 0 Å². The Morgan fingerprint density at radius 1 is 0.967 bits per heavy atom. The smallest absolute Gasteiger partial charge is 0.230 e. The van der Waals surface area contributed by atoms with Crippen molar-refractivity contribution in [1.82, 2.24) is 25.1 Å². The van der Waals surface area contributed by atoms with Crippen molar-refractivity contribution >= 4 is 17.7 Å². The van der Waals surface area contributed by atoms with Gasteiger partial charge in [-0.3, -0.25) is 14.3 Å². The molecule has 1 N–H and O–H groups in total. The second kappa shape index (κ2) is 9.37. The Labute approximate surface area is 179 Å². The Kier molecular flexibility index (Phi) is 6.20. The fourth-order valence-corrected chi connectivity index (χ4v) is 3.86. The van der Waals surface area contributed by atoms with Crippen LogP contribution in [0.3, 0.4) is 0 Å². The highest BCUT2D eigenvalue weighted by molar-refractivity contribution is 7.99. The number of para-hydroxylation sites is 1. The first-order chi connectivity index (χ1) is 14.7. The fraction of sp³-hybridized carbons (Fsp3) is 0.130. The molecule has 0 aliphatic heterocycles. The van der Waals surface area contributed by atoms with Crippen LogP contribution in [-0.4, -0.2) is 31.4 Å². The van der Waals surface area contributed by atoms with E-state index in [9.17, 15) is 4.79 Å². The van der Waals surface area contributed by atoms with Crippen LogP contribution in [0.5, 0.6) is 0 Å². The molecule has 0 spiro atoms. The maximum Gasteiger partial charge on any atom is 0.230 e. The SMILES string of the molecule is CC(NC(=O)CSc1nnc(-c2ccncc2)n1-c1ccccc1)c1ccccc1. The van der Waals surface area contributed by atoms with Gasteiger partial charge in [-0.2, -0.15) is 0 Å². The number of pyridine rings is 1. The number of aromatic nitrogens is 4. The Hall–Kier alpha value is -3.45. The van der Waals surface area contributed by atoms with Gasteiger partial charge in [-0.1, -0.05) is 60.3 Å². The molecule has 1 amide bonds. The summed E-state index contributed by atoms with van der Waals surface area (Å²) in [5.74, 6) is 0.909. The number of nitrogens with zero attached hydrogens (tertiary/aromatic N) is 4. The Balaban J connectivity index is 1.53. The van der Waals surface area contributed by atoms with E-state index in [-0.39, 0.29) is 17.7 Å². The van der Waals surface area contributed by atoms with Crippen molar-refractivity contribution in [3.05, 3.63) is 90.8 Å². The van der Waals surface area contributed by atoms with Crippen molar-refractivity contribution in [3.63, 3.8) is 0 Å². The highest BCUT2D eigenvalue weighted by atomic mass is 32.2. The van der Waals surface area contributed by atoms with Crippen molar-refractivity contribution in [2.24, 2.45) is 0 Å². The molecular weight excluding hydrogens is 394 g/mol. The van der Waals surface area contributed by atoms with Crippen molar-refractivity contribution in [2.75, 3.05) is 5.75 Å². The summed E-state index contributed by atoms with van der Waals surface area (Å²) in [4.78, 5) is 16.6. The molecule has 0 saturated heterocycles. The van der Waals surface area contributed by atoms with Gasteiger partial charge in [0, 0.05) is 23.6 Å². The molecule has 6 nitrogen and oxygen atoms in total. The standard InChI is InChI=1S/C23H21N5OS/c1-17(18-8-4-2-5-9-18)25-21(29)16-30-23-27-26-22(19-12-14-24-15-13-19)28(23)20-10-6-3-7-11-20/h2-15,17H,16H2,1H3,(H,25,29). The number of hydrogen-bond donors (Lipinski definition) is 1. The molecule has 30 heavy (non-hydrogen) atoms. The Bertz CT molecular complexity index is 1100.